The van der Waals surface area contributed by atoms with Crippen LogP contribution in [0.3, 0.4) is 0 Å². The van der Waals surface area contributed by atoms with Crippen molar-refractivity contribution < 1.29 is 9.53 Å². The highest BCUT2D eigenvalue weighted by atomic mass is 16.5. The lowest BCUT2D eigenvalue weighted by atomic mass is 10.1. The zero-order valence-corrected chi connectivity index (χ0v) is 15.0. The molecule has 0 saturated carbocycles. The third-order valence-electron chi connectivity index (χ3n) is 4.16. The van der Waals surface area contributed by atoms with E-state index >= 15 is 0 Å². The number of hydrogen-bond donors (Lipinski definition) is 2. The Morgan fingerprint density at radius 1 is 1.15 bits per heavy atom. The van der Waals surface area contributed by atoms with E-state index in [1.54, 1.807) is 12.2 Å². The number of aromatic amines is 1. The van der Waals surface area contributed by atoms with Crippen molar-refractivity contribution in [2.24, 2.45) is 0 Å². The maximum atomic E-state index is 12.1. The Bertz CT molecular complexity index is 896. The minimum absolute atomic E-state index is 0.102. The van der Waals surface area contributed by atoms with E-state index in [0.29, 0.717) is 13.2 Å². The monoisotopic (exact) mass is 348 g/mol. The summed E-state index contributed by atoms with van der Waals surface area (Å²) in [6, 6.07) is 15.9. The third-order valence-corrected chi connectivity index (χ3v) is 4.16. The number of carbonyl (C=O) groups excluding carboxylic acids is 1. The molecule has 0 saturated heterocycles. The Morgan fingerprint density at radius 2 is 1.96 bits per heavy atom. The van der Waals surface area contributed by atoms with Crippen LogP contribution in [0.1, 0.15) is 24.5 Å². The fourth-order valence-corrected chi connectivity index (χ4v) is 2.84. The number of rotatable bonds is 8. The average molecular weight is 348 g/mol. The van der Waals surface area contributed by atoms with Crippen molar-refractivity contribution in [3.8, 4) is 5.75 Å². The molecule has 4 nitrogen and oxygen atoms in total. The molecule has 26 heavy (non-hydrogen) atoms. The molecule has 2 N–H and O–H groups in total. The first-order valence-corrected chi connectivity index (χ1v) is 9.00. The van der Waals surface area contributed by atoms with Crippen LogP contribution >= 0.6 is 0 Å². The van der Waals surface area contributed by atoms with Gasteiger partial charge in [-0.25, -0.2) is 0 Å². The SMILES string of the molecule is CCCOc1ccccc1/C=C/C(=O)NCCc1c[nH]c2ccccc12. The number of amides is 1. The Balaban J connectivity index is 1.53. The molecule has 3 aromatic rings. The summed E-state index contributed by atoms with van der Waals surface area (Å²) in [5.41, 5.74) is 3.24. The second kappa shape index (κ2) is 8.90. The van der Waals surface area contributed by atoms with Crippen LogP contribution < -0.4 is 10.1 Å². The van der Waals surface area contributed by atoms with Gasteiger partial charge in [-0.3, -0.25) is 4.79 Å². The Kier molecular flexibility index (Phi) is 6.09. The molecule has 0 atom stereocenters. The highest BCUT2D eigenvalue weighted by Gasteiger charge is 2.04. The molecule has 0 unspecified atom stereocenters. The van der Waals surface area contributed by atoms with Gasteiger partial charge in [-0.2, -0.15) is 0 Å². The minimum atomic E-state index is -0.102. The van der Waals surface area contributed by atoms with E-state index in [1.807, 2.05) is 42.6 Å². The largest absolute Gasteiger partial charge is 0.493 e. The van der Waals surface area contributed by atoms with Crippen LogP contribution in [0.15, 0.2) is 60.8 Å². The van der Waals surface area contributed by atoms with Gasteiger partial charge in [0.1, 0.15) is 5.75 Å². The lowest BCUT2D eigenvalue weighted by molar-refractivity contribution is -0.116. The smallest absolute Gasteiger partial charge is 0.244 e. The van der Waals surface area contributed by atoms with Gasteiger partial charge in [0.15, 0.2) is 0 Å². The normalized spacial score (nSPS) is 11.1. The summed E-state index contributed by atoms with van der Waals surface area (Å²) in [7, 11) is 0. The molecule has 0 aliphatic rings. The van der Waals surface area contributed by atoms with Crippen LogP contribution in [0.25, 0.3) is 17.0 Å². The van der Waals surface area contributed by atoms with Crippen molar-refractivity contribution in [2.75, 3.05) is 13.2 Å². The number of aromatic nitrogens is 1. The zero-order chi connectivity index (χ0) is 18.2. The van der Waals surface area contributed by atoms with E-state index < -0.39 is 0 Å². The van der Waals surface area contributed by atoms with Crippen molar-refractivity contribution in [2.45, 2.75) is 19.8 Å². The van der Waals surface area contributed by atoms with Gasteiger partial charge < -0.3 is 15.0 Å². The number of hydrogen-bond acceptors (Lipinski definition) is 2. The quantitative estimate of drug-likeness (QED) is 0.595. The Morgan fingerprint density at radius 3 is 2.85 bits per heavy atom. The highest BCUT2D eigenvalue weighted by molar-refractivity contribution is 5.92. The molecular formula is C22H24N2O2. The van der Waals surface area contributed by atoms with Gasteiger partial charge in [0.25, 0.3) is 0 Å². The summed E-state index contributed by atoms with van der Waals surface area (Å²) < 4.78 is 5.70. The summed E-state index contributed by atoms with van der Waals surface area (Å²) in [6.45, 7) is 3.33. The highest BCUT2D eigenvalue weighted by Crippen LogP contribution is 2.20. The molecule has 3 rings (SSSR count). The number of H-pyrrole nitrogens is 1. The number of para-hydroxylation sites is 2. The molecule has 0 radical (unpaired) electrons. The van der Waals surface area contributed by atoms with Gasteiger partial charge in [-0.1, -0.05) is 43.3 Å². The van der Waals surface area contributed by atoms with Crippen molar-refractivity contribution in [3.05, 3.63) is 71.9 Å². The summed E-state index contributed by atoms with van der Waals surface area (Å²) in [6.07, 6.45) is 7.11. The third kappa shape index (κ3) is 4.54. The number of nitrogens with one attached hydrogen (secondary N) is 2. The van der Waals surface area contributed by atoms with E-state index in [1.165, 1.54) is 10.9 Å². The molecule has 4 heteroatoms. The van der Waals surface area contributed by atoms with E-state index in [4.69, 9.17) is 4.74 Å². The first kappa shape index (κ1) is 17.8. The van der Waals surface area contributed by atoms with Crippen molar-refractivity contribution in [1.29, 1.82) is 0 Å². The summed E-state index contributed by atoms with van der Waals surface area (Å²) in [5, 5.41) is 4.15. The summed E-state index contributed by atoms with van der Waals surface area (Å²) in [4.78, 5) is 15.3. The molecular weight excluding hydrogens is 324 g/mol. The van der Waals surface area contributed by atoms with Crippen molar-refractivity contribution >= 4 is 22.9 Å². The van der Waals surface area contributed by atoms with E-state index in [2.05, 4.69) is 29.4 Å². The number of benzene rings is 2. The van der Waals surface area contributed by atoms with Crippen LogP contribution in [-0.2, 0) is 11.2 Å². The molecule has 134 valence electrons. The fourth-order valence-electron chi connectivity index (χ4n) is 2.84. The second-order valence-electron chi connectivity index (χ2n) is 6.12. The van der Waals surface area contributed by atoms with Crippen LogP contribution in [-0.4, -0.2) is 24.0 Å². The van der Waals surface area contributed by atoms with Gasteiger partial charge in [0.05, 0.1) is 6.61 Å². The molecule has 0 spiro atoms. The Hall–Kier alpha value is -3.01. The molecule has 0 aliphatic heterocycles. The lowest BCUT2D eigenvalue weighted by Gasteiger charge is -2.07. The topological polar surface area (TPSA) is 54.1 Å². The van der Waals surface area contributed by atoms with Crippen LogP contribution in [0, 0.1) is 0 Å². The fraction of sp³-hybridized carbons (Fsp3) is 0.227. The predicted molar refractivity (Wildman–Crippen MR) is 106 cm³/mol. The zero-order valence-electron chi connectivity index (χ0n) is 15.0. The van der Waals surface area contributed by atoms with Gasteiger partial charge in [0.2, 0.25) is 5.91 Å². The van der Waals surface area contributed by atoms with Crippen molar-refractivity contribution in [1.82, 2.24) is 10.3 Å². The van der Waals surface area contributed by atoms with Gasteiger partial charge in [-0.05, 0) is 36.6 Å². The van der Waals surface area contributed by atoms with E-state index in [-0.39, 0.29) is 5.91 Å². The summed E-state index contributed by atoms with van der Waals surface area (Å²) >= 11 is 0. The molecule has 1 aromatic heterocycles. The number of fused-ring (bicyclic) bond motifs is 1. The molecule has 0 fully saturated rings. The van der Waals surface area contributed by atoms with Crippen LogP contribution in [0.2, 0.25) is 0 Å². The molecule has 2 aromatic carbocycles. The first-order chi connectivity index (χ1) is 12.8. The minimum Gasteiger partial charge on any atom is -0.493 e. The lowest BCUT2D eigenvalue weighted by Crippen LogP contribution is -2.23. The van der Waals surface area contributed by atoms with E-state index in [0.717, 1.165) is 29.7 Å². The predicted octanol–water partition coefficient (Wildman–Crippen LogP) is 4.33. The first-order valence-electron chi connectivity index (χ1n) is 9.00. The van der Waals surface area contributed by atoms with Gasteiger partial charge >= 0.3 is 0 Å². The summed E-state index contributed by atoms with van der Waals surface area (Å²) in [5.74, 6) is 0.701. The number of ether oxygens (including phenoxy) is 1. The van der Waals surface area contributed by atoms with Gasteiger partial charge in [0, 0.05) is 35.3 Å². The van der Waals surface area contributed by atoms with Crippen molar-refractivity contribution in [3.63, 3.8) is 0 Å². The molecule has 0 bridgehead atoms. The van der Waals surface area contributed by atoms with Crippen LogP contribution in [0.5, 0.6) is 5.75 Å². The van der Waals surface area contributed by atoms with E-state index in [9.17, 15) is 4.79 Å². The number of carbonyl (C=O) groups is 1. The van der Waals surface area contributed by atoms with Crippen LogP contribution in [0.4, 0.5) is 0 Å². The Labute approximate surface area is 153 Å². The maximum Gasteiger partial charge on any atom is 0.244 e. The standard InChI is InChI=1S/C22H24N2O2/c1-2-15-26-21-10-6-3-7-17(21)11-12-22(25)23-14-13-18-16-24-20-9-5-4-8-19(18)20/h3-12,16,24H,2,13-15H2,1H3,(H,23,25)/b12-11+. The maximum absolute atomic E-state index is 12.1. The second-order valence-corrected chi connectivity index (χ2v) is 6.12. The van der Waals surface area contributed by atoms with Gasteiger partial charge in [-0.15, -0.1) is 0 Å². The molecule has 1 amide bonds. The average Bonchev–Trinajstić information content (AvgIpc) is 3.08. The molecule has 1 heterocycles. The molecule has 0 aliphatic carbocycles.